The highest BCUT2D eigenvalue weighted by molar-refractivity contribution is 5.75. The van der Waals surface area contributed by atoms with Crippen molar-refractivity contribution in [3.05, 3.63) is 0 Å². The number of ether oxygens (including phenoxy) is 1. The summed E-state index contributed by atoms with van der Waals surface area (Å²) in [5.41, 5.74) is 0. The van der Waals surface area contributed by atoms with Crippen molar-refractivity contribution in [2.75, 3.05) is 27.2 Å². The molecule has 1 aliphatic rings. The van der Waals surface area contributed by atoms with Gasteiger partial charge in [-0.25, -0.2) is 0 Å². The van der Waals surface area contributed by atoms with Crippen LogP contribution in [0, 0.1) is 11.8 Å². The Morgan fingerprint density at radius 3 is 2.75 bits per heavy atom. The van der Waals surface area contributed by atoms with E-state index in [0.29, 0.717) is 12.5 Å². The lowest BCUT2D eigenvalue weighted by atomic mass is 10.3. The third-order valence-electron chi connectivity index (χ3n) is 2.11. The molecule has 0 radical (unpaired) electrons. The minimum atomic E-state index is -0.00986. The molecule has 3 heteroatoms. The molecule has 0 heterocycles. The van der Waals surface area contributed by atoms with Gasteiger partial charge in [0.25, 0.3) is 0 Å². The van der Waals surface area contributed by atoms with Crippen molar-refractivity contribution < 1.29 is 9.53 Å². The van der Waals surface area contributed by atoms with Gasteiger partial charge in [-0.2, -0.15) is 0 Å². The summed E-state index contributed by atoms with van der Waals surface area (Å²) >= 11 is 0. The minimum Gasteiger partial charge on any atom is -0.466 e. The number of nitrogens with zero attached hydrogens (tertiary/aromatic N) is 1. The van der Waals surface area contributed by atoms with E-state index in [4.69, 9.17) is 4.74 Å². The fourth-order valence-electron chi connectivity index (χ4n) is 1.46. The predicted molar refractivity (Wildman–Crippen MR) is 46.8 cm³/mol. The van der Waals surface area contributed by atoms with Crippen molar-refractivity contribution >= 4 is 5.97 Å². The molecule has 0 N–H and O–H groups in total. The zero-order valence-electron chi connectivity index (χ0n) is 8.04. The molecule has 0 bridgehead atoms. The Labute approximate surface area is 73.7 Å². The van der Waals surface area contributed by atoms with E-state index in [1.807, 2.05) is 21.0 Å². The molecule has 0 spiro atoms. The average molecular weight is 171 g/mol. The van der Waals surface area contributed by atoms with Crippen molar-refractivity contribution in [2.24, 2.45) is 11.8 Å². The zero-order chi connectivity index (χ0) is 9.14. The SMILES string of the molecule is CCOC(=O)C1CC1CN(C)C. The second-order valence-electron chi connectivity index (χ2n) is 3.62. The molecule has 12 heavy (non-hydrogen) atoms. The molecule has 2 unspecified atom stereocenters. The summed E-state index contributed by atoms with van der Waals surface area (Å²) in [4.78, 5) is 13.3. The first-order chi connectivity index (χ1) is 5.65. The standard InChI is InChI=1S/C9H17NO2/c1-4-12-9(11)8-5-7(8)6-10(2)3/h7-8H,4-6H2,1-3H3. The Morgan fingerprint density at radius 2 is 2.25 bits per heavy atom. The molecular formula is C9H17NO2. The van der Waals surface area contributed by atoms with Crippen LogP contribution in [0.15, 0.2) is 0 Å². The van der Waals surface area contributed by atoms with Gasteiger partial charge in [0.05, 0.1) is 12.5 Å². The number of esters is 1. The van der Waals surface area contributed by atoms with Crippen LogP contribution >= 0.6 is 0 Å². The first-order valence-corrected chi connectivity index (χ1v) is 4.46. The van der Waals surface area contributed by atoms with Gasteiger partial charge in [-0.1, -0.05) is 0 Å². The molecule has 0 aromatic carbocycles. The average Bonchev–Trinajstić information content (AvgIpc) is 2.67. The normalized spacial score (nSPS) is 27.3. The summed E-state index contributed by atoms with van der Waals surface area (Å²) in [5.74, 6) is 0.718. The largest absolute Gasteiger partial charge is 0.466 e. The van der Waals surface area contributed by atoms with Crippen molar-refractivity contribution in [2.45, 2.75) is 13.3 Å². The fourth-order valence-corrected chi connectivity index (χ4v) is 1.46. The summed E-state index contributed by atoms with van der Waals surface area (Å²) < 4.78 is 4.92. The van der Waals surface area contributed by atoms with E-state index in [0.717, 1.165) is 13.0 Å². The molecule has 70 valence electrons. The van der Waals surface area contributed by atoms with Crippen LogP contribution in [-0.4, -0.2) is 38.1 Å². The van der Waals surface area contributed by atoms with Crippen LogP contribution < -0.4 is 0 Å². The second kappa shape index (κ2) is 3.90. The van der Waals surface area contributed by atoms with E-state index in [-0.39, 0.29) is 11.9 Å². The van der Waals surface area contributed by atoms with Gasteiger partial charge in [-0.05, 0) is 33.4 Å². The van der Waals surface area contributed by atoms with Crippen LogP contribution in [0.2, 0.25) is 0 Å². The van der Waals surface area contributed by atoms with Gasteiger partial charge < -0.3 is 9.64 Å². The van der Waals surface area contributed by atoms with Gasteiger partial charge in [0.1, 0.15) is 0 Å². The topological polar surface area (TPSA) is 29.5 Å². The highest BCUT2D eigenvalue weighted by Crippen LogP contribution is 2.39. The molecule has 3 nitrogen and oxygen atoms in total. The Bertz CT molecular complexity index is 168. The molecule has 0 aromatic heterocycles. The van der Waals surface area contributed by atoms with E-state index < -0.39 is 0 Å². The molecule has 0 amide bonds. The van der Waals surface area contributed by atoms with Crippen LogP contribution in [0.25, 0.3) is 0 Å². The second-order valence-corrected chi connectivity index (χ2v) is 3.62. The lowest BCUT2D eigenvalue weighted by Gasteiger charge is -2.07. The highest BCUT2D eigenvalue weighted by atomic mass is 16.5. The monoisotopic (exact) mass is 171 g/mol. The van der Waals surface area contributed by atoms with Gasteiger partial charge in [-0.15, -0.1) is 0 Å². The van der Waals surface area contributed by atoms with Crippen LogP contribution in [0.1, 0.15) is 13.3 Å². The lowest BCUT2D eigenvalue weighted by Crippen LogP contribution is -2.17. The molecule has 1 rings (SSSR count). The summed E-state index contributed by atoms with van der Waals surface area (Å²) in [6, 6.07) is 0. The zero-order valence-corrected chi connectivity index (χ0v) is 8.04. The summed E-state index contributed by atoms with van der Waals surface area (Å²) in [7, 11) is 4.06. The summed E-state index contributed by atoms with van der Waals surface area (Å²) in [5, 5.41) is 0. The molecule has 1 saturated carbocycles. The maximum Gasteiger partial charge on any atom is 0.309 e. The highest BCUT2D eigenvalue weighted by Gasteiger charge is 2.43. The van der Waals surface area contributed by atoms with Crippen LogP contribution in [0.3, 0.4) is 0 Å². The molecule has 1 aliphatic carbocycles. The lowest BCUT2D eigenvalue weighted by molar-refractivity contribution is -0.145. The van der Waals surface area contributed by atoms with E-state index >= 15 is 0 Å². The van der Waals surface area contributed by atoms with E-state index in [9.17, 15) is 4.79 Å². The first kappa shape index (κ1) is 9.52. The van der Waals surface area contributed by atoms with Gasteiger partial charge in [0, 0.05) is 6.54 Å². The van der Waals surface area contributed by atoms with Crippen LogP contribution in [0.5, 0.6) is 0 Å². The number of hydrogen-bond acceptors (Lipinski definition) is 3. The third kappa shape index (κ3) is 2.48. The summed E-state index contributed by atoms with van der Waals surface area (Å²) in [6.07, 6.45) is 1.01. The Balaban J connectivity index is 2.18. The third-order valence-corrected chi connectivity index (χ3v) is 2.11. The molecule has 0 aromatic rings. The predicted octanol–water partition coefficient (Wildman–Crippen LogP) is 0.747. The Morgan fingerprint density at radius 1 is 1.58 bits per heavy atom. The maximum atomic E-state index is 11.2. The van der Waals surface area contributed by atoms with Crippen molar-refractivity contribution in [1.29, 1.82) is 0 Å². The summed E-state index contributed by atoms with van der Waals surface area (Å²) in [6.45, 7) is 3.36. The first-order valence-electron chi connectivity index (χ1n) is 4.46. The molecule has 0 saturated heterocycles. The van der Waals surface area contributed by atoms with Gasteiger partial charge in [-0.3, -0.25) is 4.79 Å². The number of hydrogen-bond donors (Lipinski definition) is 0. The van der Waals surface area contributed by atoms with Crippen LogP contribution in [0.4, 0.5) is 0 Å². The van der Waals surface area contributed by atoms with E-state index in [1.54, 1.807) is 0 Å². The minimum absolute atomic E-state index is 0.00986. The van der Waals surface area contributed by atoms with Crippen molar-refractivity contribution in [3.8, 4) is 0 Å². The van der Waals surface area contributed by atoms with E-state index in [2.05, 4.69) is 4.90 Å². The quantitative estimate of drug-likeness (QED) is 0.584. The fraction of sp³-hybridized carbons (Fsp3) is 0.889. The van der Waals surface area contributed by atoms with Gasteiger partial charge in [0.2, 0.25) is 0 Å². The number of carbonyl (C=O) groups is 1. The molecular weight excluding hydrogens is 154 g/mol. The van der Waals surface area contributed by atoms with Crippen LogP contribution in [-0.2, 0) is 9.53 Å². The molecule has 1 fully saturated rings. The number of rotatable bonds is 4. The van der Waals surface area contributed by atoms with Gasteiger partial charge >= 0.3 is 5.97 Å². The van der Waals surface area contributed by atoms with E-state index in [1.165, 1.54) is 0 Å². The molecule has 0 aliphatic heterocycles. The molecule has 2 atom stereocenters. The Kier molecular flexibility index (Phi) is 3.09. The van der Waals surface area contributed by atoms with Crippen molar-refractivity contribution in [1.82, 2.24) is 4.90 Å². The van der Waals surface area contributed by atoms with Gasteiger partial charge in [0.15, 0.2) is 0 Å². The number of carbonyl (C=O) groups excluding carboxylic acids is 1. The Hall–Kier alpha value is -0.570. The maximum absolute atomic E-state index is 11.2. The van der Waals surface area contributed by atoms with Crippen molar-refractivity contribution in [3.63, 3.8) is 0 Å². The smallest absolute Gasteiger partial charge is 0.309 e.